The molecule has 0 fully saturated rings. The van der Waals surface area contributed by atoms with E-state index in [-0.39, 0.29) is 5.69 Å². The van der Waals surface area contributed by atoms with E-state index in [0.717, 1.165) is 21.6 Å². The third kappa shape index (κ3) is 2.68. The van der Waals surface area contributed by atoms with Gasteiger partial charge in [0.05, 0.1) is 23.0 Å². The number of fused-ring (bicyclic) bond motifs is 1. The van der Waals surface area contributed by atoms with Crippen molar-refractivity contribution in [1.82, 2.24) is 25.0 Å². The molecule has 21 heavy (non-hydrogen) atoms. The molecule has 0 spiro atoms. The minimum Gasteiger partial charge on any atom is -0.476 e. The number of aromatic nitrogens is 5. The summed E-state index contributed by atoms with van der Waals surface area (Å²) in [7, 11) is 0. The Morgan fingerprint density at radius 2 is 2.33 bits per heavy atom. The van der Waals surface area contributed by atoms with Gasteiger partial charge in [0.15, 0.2) is 5.69 Å². The maximum Gasteiger partial charge on any atom is 0.358 e. The third-order valence-electron chi connectivity index (χ3n) is 2.92. The van der Waals surface area contributed by atoms with Crippen LogP contribution in [0.25, 0.3) is 10.2 Å². The van der Waals surface area contributed by atoms with E-state index in [2.05, 4.69) is 25.6 Å². The number of carboxylic acids is 1. The van der Waals surface area contributed by atoms with E-state index in [1.54, 1.807) is 11.3 Å². The second kappa shape index (κ2) is 5.44. The maximum atomic E-state index is 10.7. The van der Waals surface area contributed by atoms with Crippen molar-refractivity contribution in [3.8, 4) is 0 Å². The molecule has 0 aliphatic carbocycles. The average molecular weight is 304 g/mol. The summed E-state index contributed by atoms with van der Waals surface area (Å²) in [5, 5.41) is 21.3. The van der Waals surface area contributed by atoms with Crippen molar-refractivity contribution in [2.75, 3.05) is 11.9 Å². The largest absolute Gasteiger partial charge is 0.476 e. The van der Waals surface area contributed by atoms with E-state index in [4.69, 9.17) is 5.11 Å². The lowest BCUT2D eigenvalue weighted by Gasteiger charge is -2.05. The minimum atomic E-state index is -1.08. The molecule has 0 aromatic carbocycles. The van der Waals surface area contributed by atoms with Crippen LogP contribution in [0.1, 0.15) is 16.1 Å². The number of nitrogens with zero attached hydrogens (tertiary/aromatic N) is 5. The standard InChI is InChI=1S/C12H12N6O2S/c1-7-5-21-10-9(7)14-6-15-11(10)13-2-3-18-4-8(12(19)20)16-17-18/h4-6H,2-3H2,1H3,(H,19,20)(H,13,14,15). The zero-order chi connectivity index (χ0) is 14.8. The molecule has 3 aromatic heterocycles. The van der Waals surface area contributed by atoms with Gasteiger partial charge in [-0.15, -0.1) is 16.4 Å². The van der Waals surface area contributed by atoms with Crippen molar-refractivity contribution in [2.45, 2.75) is 13.5 Å². The molecule has 3 aromatic rings. The van der Waals surface area contributed by atoms with Crippen molar-refractivity contribution in [2.24, 2.45) is 0 Å². The molecule has 0 atom stereocenters. The number of nitrogens with one attached hydrogen (secondary N) is 1. The summed E-state index contributed by atoms with van der Waals surface area (Å²) in [5.74, 6) is -0.308. The Morgan fingerprint density at radius 1 is 1.48 bits per heavy atom. The summed E-state index contributed by atoms with van der Waals surface area (Å²) < 4.78 is 2.49. The lowest BCUT2D eigenvalue weighted by molar-refractivity contribution is 0.0690. The van der Waals surface area contributed by atoms with Gasteiger partial charge in [-0.2, -0.15) is 0 Å². The van der Waals surface area contributed by atoms with E-state index >= 15 is 0 Å². The van der Waals surface area contributed by atoms with E-state index in [1.807, 2.05) is 12.3 Å². The number of aryl methyl sites for hydroxylation is 1. The lowest BCUT2D eigenvalue weighted by atomic mass is 10.3. The van der Waals surface area contributed by atoms with Gasteiger partial charge in [-0.3, -0.25) is 0 Å². The van der Waals surface area contributed by atoms with Gasteiger partial charge in [-0.25, -0.2) is 19.4 Å². The van der Waals surface area contributed by atoms with Crippen molar-refractivity contribution in [1.29, 1.82) is 0 Å². The van der Waals surface area contributed by atoms with Crippen LogP contribution < -0.4 is 5.32 Å². The van der Waals surface area contributed by atoms with Crippen molar-refractivity contribution in [3.63, 3.8) is 0 Å². The molecule has 0 radical (unpaired) electrons. The summed E-state index contributed by atoms with van der Waals surface area (Å²) in [5.41, 5.74) is 2.02. The van der Waals surface area contributed by atoms with E-state index < -0.39 is 5.97 Å². The molecule has 8 nitrogen and oxygen atoms in total. The monoisotopic (exact) mass is 304 g/mol. The Bertz CT molecular complexity index is 796. The third-order valence-corrected chi connectivity index (χ3v) is 4.02. The molecule has 3 heterocycles. The van der Waals surface area contributed by atoms with Crippen LogP contribution >= 0.6 is 11.3 Å². The van der Waals surface area contributed by atoms with Gasteiger partial charge >= 0.3 is 5.97 Å². The molecule has 9 heteroatoms. The molecule has 3 rings (SSSR count). The Balaban J connectivity index is 1.67. The van der Waals surface area contributed by atoms with Crippen LogP contribution in [0.2, 0.25) is 0 Å². The van der Waals surface area contributed by atoms with Gasteiger partial charge in [0.1, 0.15) is 12.1 Å². The molecular weight excluding hydrogens is 292 g/mol. The normalized spacial score (nSPS) is 10.9. The molecule has 0 saturated heterocycles. The summed E-state index contributed by atoms with van der Waals surface area (Å²) >= 11 is 1.59. The summed E-state index contributed by atoms with van der Waals surface area (Å²) in [4.78, 5) is 19.2. The fourth-order valence-corrected chi connectivity index (χ4v) is 2.86. The fraction of sp³-hybridized carbons (Fsp3) is 0.250. The Morgan fingerprint density at radius 3 is 3.10 bits per heavy atom. The van der Waals surface area contributed by atoms with E-state index in [9.17, 15) is 4.79 Å². The topological polar surface area (TPSA) is 106 Å². The summed E-state index contributed by atoms with van der Waals surface area (Å²) in [6, 6.07) is 0. The van der Waals surface area contributed by atoms with Crippen molar-refractivity contribution < 1.29 is 9.90 Å². The first-order valence-electron chi connectivity index (χ1n) is 6.21. The van der Waals surface area contributed by atoms with Gasteiger partial charge in [-0.1, -0.05) is 5.21 Å². The van der Waals surface area contributed by atoms with Crippen LogP contribution in [0.15, 0.2) is 17.9 Å². The zero-order valence-corrected chi connectivity index (χ0v) is 12.0. The molecule has 0 aliphatic heterocycles. The maximum absolute atomic E-state index is 10.7. The second-order valence-corrected chi connectivity index (χ2v) is 5.30. The molecule has 0 bridgehead atoms. The van der Waals surface area contributed by atoms with Crippen LogP contribution in [0.5, 0.6) is 0 Å². The van der Waals surface area contributed by atoms with Gasteiger partial charge in [0.25, 0.3) is 0 Å². The molecule has 0 saturated carbocycles. The first-order valence-corrected chi connectivity index (χ1v) is 7.09. The number of thiophene rings is 1. The highest BCUT2D eigenvalue weighted by molar-refractivity contribution is 7.18. The number of carbonyl (C=O) groups is 1. The smallest absolute Gasteiger partial charge is 0.358 e. The van der Waals surface area contributed by atoms with Crippen LogP contribution in [0.4, 0.5) is 5.82 Å². The number of rotatable bonds is 5. The van der Waals surface area contributed by atoms with Crippen LogP contribution in [0, 0.1) is 6.92 Å². The first kappa shape index (κ1) is 13.4. The van der Waals surface area contributed by atoms with Crippen LogP contribution in [-0.2, 0) is 6.54 Å². The highest BCUT2D eigenvalue weighted by atomic mass is 32.1. The van der Waals surface area contributed by atoms with Gasteiger partial charge in [-0.05, 0) is 17.9 Å². The lowest BCUT2D eigenvalue weighted by Crippen LogP contribution is -2.12. The SMILES string of the molecule is Cc1csc2c(NCCn3cc(C(=O)O)nn3)ncnc12. The first-order chi connectivity index (χ1) is 10.1. The quantitative estimate of drug-likeness (QED) is 0.733. The number of aromatic carboxylic acids is 1. The Hall–Kier alpha value is -2.55. The zero-order valence-electron chi connectivity index (χ0n) is 11.1. The highest BCUT2D eigenvalue weighted by Crippen LogP contribution is 2.28. The molecule has 0 aliphatic rings. The van der Waals surface area contributed by atoms with Crippen LogP contribution in [-0.4, -0.2) is 42.6 Å². The minimum absolute atomic E-state index is 0.0618. The van der Waals surface area contributed by atoms with Gasteiger partial charge in [0, 0.05) is 6.54 Å². The van der Waals surface area contributed by atoms with Crippen molar-refractivity contribution >= 4 is 33.3 Å². The van der Waals surface area contributed by atoms with E-state index in [1.165, 1.54) is 17.2 Å². The average Bonchev–Trinajstić information content (AvgIpc) is 3.07. The summed E-state index contributed by atoms with van der Waals surface area (Å²) in [6.45, 7) is 3.07. The van der Waals surface area contributed by atoms with Gasteiger partial charge in [0.2, 0.25) is 0 Å². The van der Waals surface area contributed by atoms with Gasteiger partial charge < -0.3 is 10.4 Å². The number of anilines is 1. The highest BCUT2D eigenvalue weighted by Gasteiger charge is 2.09. The molecule has 2 N–H and O–H groups in total. The second-order valence-electron chi connectivity index (χ2n) is 4.42. The van der Waals surface area contributed by atoms with Crippen molar-refractivity contribution in [3.05, 3.63) is 29.2 Å². The molecule has 108 valence electrons. The predicted molar refractivity (Wildman–Crippen MR) is 77.6 cm³/mol. The molecule has 0 amide bonds. The Kier molecular flexibility index (Phi) is 3.48. The van der Waals surface area contributed by atoms with E-state index in [0.29, 0.717) is 13.1 Å². The number of hydrogen-bond donors (Lipinski definition) is 2. The molecular formula is C12H12N6O2S. The predicted octanol–water partition coefficient (Wildman–Crippen LogP) is 1.40. The number of hydrogen-bond acceptors (Lipinski definition) is 7. The molecule has 0 unspecified atom stereocenters. The number of carboxylic acid groups (broad SMARTS) is 1. The van der Waals surface area contributed by atoms with Crippen LogP contribution in [0.3, 0.4) is 0 Å². The Labute approximate surface area is 123 Å². The fourth-order valence-electron chi connectivity index (χ4n) is 1.89. The summed E-state index contributed by atoms with van der Waals surface area (Å²) in [6.07, 6.45) is 2.93.